The van der Waals surface area contributed by atoms with E-state index in [1.165, 1.54) is 6.42 Å². The highest BCUT2D eigenvalue weighted by Gasteiger charge is 1.91. The summed E-state index contributed by atoms with van der Waals surface area (Å²) in [5.74, 6) is 0.956. The molecule has 0 amide bonds. The number of hydrogen-bond acceptors (Lipinski definition) is 3. The molecule has 0 atom stereocenters. The smallest absolute Gasteiger partial charge is 0.119 e. The zero-order chi connectivity index (χ0) is 11.5. The van der Waals surface area contributed by atoms with E-state index in [-0.39, 0.29) is 0 Å². The van der Waals surface area contributed by atoms with Crippen molar-refractivity contribution in [2.45, 2.75) is 12.8 Å². The molecule has 0 aliphatic rings. The fourth-order valence-electron chi connectivity index (χ4n) is 1.42. The number of ether oxygens (including phenoxy) is 1. The Morgan fingerprint density at radius 3 is 2.50 bits per heavy atom. The third-order valence-corrected chi connectivity index (χ3v) is 2.29. The van der Waals surface area contributed by atoms with E-state index in [0.29, 0.717) is 0 Å². The third-order valence-electron chi connectivity index (χ3n) is 2.29. The Balaban J connectivity index is 1.89. The van der Waals surface area contributed by atoms with Crippen LogP contribution in [0.2, 0.25) is 0 Å². The van der Waals surface area contributed by atoms with Crippen LogP contribution in [-0.2, 0) is 0 Å². The second kappa shape index (κ2) is 9.19. The van der Waals surface area contributed by atoms with Gasteiger partial charge in [0.1, 0.15) is 5.75 Å². The average molecular weight is 222 g/mol. The maximum Gasteiger partial charge on any atom is 0.119 e. The molecule has 0 aromatic heterocycles. The van der Waals surface area contributed by atoms with E-state index >= 15 is 0 Å². The van der Waals surface area contributed by atoms with Crippen molar-refractivity contribution >= 4 is 0 Å². The third kappa shape index (κ3) is 6.43. The highest BCUT2D eigenvalue weighted by Crippen LogP contribution is 2.07. The Morgan fingerprint density at radius 1 is 1.00 bits per heavy atom. The van der Waals surface area contributed by atoms with Crippen LogP contribution >= 0.6 is 0 Å². The Kier molecular flexibility index (Phi) is 7.47. The minimum Gasteiger partial charge on any atom is -0.494 e. The summed E-state index contributed by atoms with van der Waals surface area (Å²) in [5.41, 5.74) is 0. The molecule has 16 heavy (non-hydrogen) atoms. The van der Waals surface area contributed by atoms with Gasteiger partial charge in [0.05, 0.1) is 6.61 Å². The molecular formula is C13H22N2O. The number of rotatable bonds is 9. The van der Waals surface area contributed by atoms with Crippen molar-refractivity contribution in [3.05, 3.63) is 30.3 Å². The SMILES string of the molecule is CNCCCNCCCOc1ccccc1. The predicted octanol–water partition coefficient (Wildman–Crippen LogP) is 1.65. The zero-order valence-electron chi connectivity index (χ0n) is 10.0. The first kappa shape index (κ1) is 13.0. The first-order chi connectivity index (χ1) is 7.93. The van der Waals surface area contributed by atoms with Gasteiger partial charge in [-0.25, -0.2) is 0 Å². The molecule has 90 valence electrons. The van der Waals surface area contributed by atoms with E-state index in [1.807, 2.05) is 37.4 Å². The zero-order valence-corrected chi connectivity index (χ0v) is 10.0. The van der Waals surface area contributed by atoms with Gasteiger partial charge in [-0.05, 0) is 51.7 Å². The van der Waals surface area contributed by atoms with Crippen molar-refractivity contribution in [1.82, 2.24) is 10.6 Å². The Bertz CT molecular complexity index is 251. The van der Waals surface area contributed by atoms with Crippen LogP contribution in [0, 0.1) is 0 Å². The molecule has 3 heteroatoms. The lowest BCUT2D eigenvalue weighted by Gasteiger charge is -2.06. The van der Waals surface area contributed by atoms with Gasteiger partial charge in [0.15, 0.2) is 0 Å². The van der Waals surface area contributed by atoms with E-state index < -0.39 is 0 Å². The van der Waals surface area contributed by atoms with Crippen LogP contribution in [0.25, 0.3) is 0 Å². The second-order valence-corrected chi connectivity index (χ2v) is 3.72. The molecule has 0 saturated heterocycles. The van der Waals surface area contributed by atoms with Crippen molar-refractivity contribution < 1.29 is 4.74 Å². The standard InChI is InChI=1S/C13H22N2O/c1-14-9-5-10-15-11-6-12-16-13-7-3-2-4-8-13/h2-4,7-8,14-15H,5-6,9-12H2,1H3. The molecule has 0 saturated carbocycles. The molecule has 1 aromatic carbocycles. The molecular weight excluding hydrogens is 200 g/mol. The van der Waals surface area contributed by atoms with Crippen molar-refractivity contribution in [2.24, 2.45) is 0 Å². The van der Waals surface area contributed by atoms with Crippen molar-refractivity contribution in [2.75, 3.05) is 33.3 Å². The summed E-state index contributed by atoms with van der Waals surface area (Å²) < 4.78 is 5.58. The van der Waals surface area contributed by atoms with Crippen molar-refractivity contribution in [3.8, 4) is 5.75 Å². The van der Waals surface area contributed by atoms with Gasteiger partial charge in [0, 0.05) is 0 Å². The van der Waals surface area contributed by atoms with Crippen LogP contribution in [0.4, 0.5) is 0 Å². The number of benzene rings is 1. The number of hydrogen-bond donors (Lipinski definition) is 2. The van der Waals surface area contributed by atoms with Crippen molar-refractivity contribution in [3.63, 3.8) is 0 Å². The maximum atomic E-state index is 5.58. The minimum atomic E-state index is 0.781. The van der Waals surface area contributed by atoms with Gasteiger partial charge in [-0.15, -0.1) is 0 Å². The fraction of sp³-hybridized carbons (Fsp3) is 0.538. The van der Waals surface area contributed by atoms with Crippen molar-refractivity contribution in [1.29, 1.82) is 0 Å². The van der Waals surface area contributed by atoms with Crippen LogP contribution in [0.1, 0.15) is 12.8 Å². The summed E-state index contributed by atoms with van der Waals surface area (Å²) in [7, 11) is 1.98. The van der Waals surface area contributed by atoms with Crippen LogP contribution in [0.15, 0.2) is 30.3 Å². The van der Waals surface area contributed by atoms with Gasteiger partial charge in [0.2, 0.25) is 0 Å². The van der Waals surface area contributed by atoms with E-state index in [4.69, 9.17) is 4.74 Å². The van der Waals surface area contributed by atoms with Gasteiger partial charge in [-0.1, -0.05) is 18.2 Å². The van der Waals surface area contributed by atoms with E-state index in [1.54, 1.807) is 0 Å². The Hall–Kier alpha value is -1.06. The summed E-state index contributed by atoms with van der Waals surface area (Å²) in [6.45, 7) is 3.96. The lowest BCUT2D eigenvalue weighted by atomic mass is 10.3. The molecule has 0 heterocycles. The summed E-state index contributed by atoms with van der Waals surface area (Å²) in [6, 6.07) is 9.95. The van der Waals surface area contributed by atoms with Gasteiger partial charge >= 0.3 is 0 Å². The fourth-order valence-corrected chi connectivity index (χ4v) is 1.42. The molecule has 0 spiro atoms. The second-order valence-electron chi connectivity index (χ2n) is 3.72. The molecule has 3 nitrogen and oxygen atoms in total. The molecule has 1 rings (SSSR count). The molecule has 0 radical (unpaired) electrons. The quantitative estimate of drug-likeness (QED) is 0.623. The molecule has 1 aromatic rings. The van der Waals surface area contributed by atoms with Gasteiger partial charge < -0.3 is 15.4 Å². The number of para-hydroxylation sites is 1. The van der Waals surface area contributed by atoms with Crippen LogP contribution in [-0.4, -0.2) is 33.3 Å². The molecule has 0 fully saturated rings. The predicted molar refractivity (Wildman–Crippen MR) is 68.0 cm³/mol. The van der Waals surface area contributed by atoms with Gasteiger partial charge in [-0.3, -0.25) is 0 Å². The average Bonchev–Trinajstić information content (AvgIpc) is 2.34. The highest BCUT2D eigenvalue weighted by atomic mass is 16.5. The largest absolute Gasteiger partial charge is 0.494 e. The van der Waals surface area contributed by atoms with E-state index in [9.17, 15) is 0 Å². The summed E-state index contributed by atoms with van der Waals surface area (Å²) >= 11 is 0. The summed E-state index contributed by atoms with van der Waals surface area (Å²) in [6.07, 6.45) is 2.23. The topological polar surface area (TPSA) is 33.3 Å². The normalized spacial score (nSPS) is 10.3. The summed E-state index contributed by atoms with van der Waals surface area (Å²) in [5, 5.41) is 6.51. The summed E-state index contributed by atoms with van der Waals surface area (Å²) in [4.78, 5) is 0. The van der Waals surface area contributed by atoms with Crippen LogP contribution in [0.5, 0.6) is 5.75 Å². The van der Waals surface area contributed by atoms with Gasteiger partial charge in [-0.2, -0.15) is 0 Å². The Labute approximate surface area is 98.2 Å². The lowest BCUT2D eigenvalue weighted by molar-refractivity contribution is 0.308. The maximum absolute atomic E-state index is 5.58. The lowest BCUT2D eigenvalue weighted by Crippen LogP contribution is -2.21. The van der Waals surface area contributed by atoms with Crippen LogP contribution < -0.4 is 15.4 Å². The van der Waals surface area contributed by atoms with Crippen LogP contribution in [0.3, 0.4) is 0 Å². The molecule has 0 bridgehead atoms. The molecule has 0 aliphatic carbocycles. The minimum absolute atomic E-state index is 0.781. The Morgan fingerprint density at radius 2 is 1.75 bits per heavy atom. The van der Waals surface area contributed by atoms with E-state index in [2.05, 4.69) is 10.6 Å². The molecule has 0 unspecified atom stereocenters. The monoisotopic (exact) mass is 222 g/mol. The molecule has 2 N–H and O–H groups in total. The van der Waals surface area contributed by atoms with E-state index in [0.717, 1.165) is 38.4 Å². The molecule has 0 aliphatic heterocycles. The highest BCUT2D eigenvalue weighted by molar-refractivity contribution is 5.20. The van der Waals surface area contributed by atoms with Gasteiger partial charge in [0.25, 0.3) is 0 Å². The number of nitrogens with one attached hydrogen (secondary N) is 2. The first-order valence-electron chi connectivity index (χ1n) is 5.96. The first-order valence-corrected chi connectivity index (χ1v) is 5.96.